The van der Waals surface area contributed by atoms with Crippen LogP contribution in [0.1, 0.15) is 24.7 Å². The number of hydrogen-bond donors (Lipinski definition) is 0. The third-order valence-corrected chi connectivity index (χ3v) is 4.13. The van der Waals surface area contributed by atoms with Gasteiger partial charge in [-0.3, -0.25) is 0 Å². The number of nitrogens with zero attached hydrogens (tertiary/aromatic N) is 2. The molecule has 96 valence electrons. The van der Waals surface area contributed by atoms with Crippen molar-refractivity contribution < 1.29 is 4.74 Å². The molecule has 0 bridgehead atoms. The van der Waals surface area contributed by atoms with E-state index in [1.54, 1.807) is 0 Å². The van der Waals surface area contributed by atoms with Crippen molar-refractivity contribution >= 4 is 38.6 Å². The van der Waals surface area contributed by atoms with E-state index >= 15 is 0 Å². The van der Waals surface area contributed by atoms with Gasteiger partial charge in [-0.2, -0.15) is 0 Å². The third kappa shape index (κ3) is 2.17. The normalized spacial score (nSPS) is 17.4. The van der Waals surface area contributed by atoms with E-state index in [2.05, 4.69) is 37.6 Å². The molecule has 1 fully saturated rings. The van der Waals surface area contributed by atoms with Crippen LogP contribution < -0.4 is 0 Å². The molecule has 5 heteroatoms. The van der Waals surface area contributed by atoms with Crippen LogP contribution in [0.3, 0.4) is 0 Å². The molecule has 0 N–H and O–H groups in total. The molecule has 3 nitrogen and oxygen atoms in total. The summed E-state index contributed by atoms with van der Waals surface area (Å²) in [5.74, 6) is 1.40. The van der Waals surface area contributed by atoms with Gasteiger partial charge in [-0.1, -0.05) is 15.9 Å². The lowest BCUT2D eigenvalue weighted by Gasteiger charge is -2.25. The molecule has 3 rings (SSSR count). The topological polar surface area (TPSA) is 27.1 Å². The monoisotopic (exact) mass is 328 g/mol. The molecule has 0 amide bonds. The first kappa shape index (κ1) is 12.5. The molecule has 1 aromatic heterocycles. The standard InChI is InChI=1S/C13H14BrClN2O/c14-9-1-2-12-11(7-9)16-13(8-15)17(12)10-3-5-18-6-4-10/h1-2,7,10H,3-6,8H2. The molecular formula is C13H14BrClN2O. The molecule has 0 atom stereocenters. The average Bonchev–Trinajstić information content (AvgIpc) is 2.77. The van der Waals surface area contributed by atoms with E-state index in [-0.39, 0.29) is 0 Å². The first-order chi connectivity index (χ1) is 8.79. The molecule has 0 radical (unpaired) electrons. The lowest BCUT2D eigenvalue weighted by Crippen LogP contribution is -2.20. The van der Waals surface area contributed by atoms with Crippen molar-refractivity contribution in [3.8, 4) is 0 Å². The van der Waals surface area contributed by atoms with Gasteiger partial charge < -0.3 is 9.30 Å². The van der Waals surface area contributed by atoms with Gasteiger partial charge in [-0.05, 0) is 31.0 Å². The van der Waals surface area contributed by atoms with Crippen LogP contribution in [-0.4, -0.2) is 22.8 Å². The van der Waals surface area contributed by atoms with Gasteiger partial charge in [0.2, 0.25) is 0 Å². The van der Waals surface area contributed by atoms with Crippen LogP contribution in [0.5, 0.6) is 0 Å². The second kappa shape index (κ2) is 5.19. The molecule has 0 aliphatic carbocycles. The smallest absolute Gasteiger partial charge is 0.125 e. The van der Waals surface area contributed by atoms with Crippen molar-refractivity contribution in [1.29, 1.82) is 0 Å². The summed E-state index contributed by atoms with van der Waals surface area (Å²) < 4.78 is 8.77. The van der Waals surface area contributed by atoms with Crippen molar-refractivity contribution in [1.82, 2.24) is 9.55 Å². The minimum Gasteiger partial charge on any atom is -0.381 e. The number of alkyl halides is 1. The minimum atomic E-state index is 0.448. The number of rotatable bonds is 2. The number of imidazole rings is 1. The molecule has 0 unspecified atom stereocenters. The van der Waals surface area contributed by atoms with Gasteiger partial charge in [-0.15, -0.1) is 11.6 Å². The van der Waals surface area contributed by atoms with Gasteiger partial charge in [-0.25, -0.2) is 4.98 Å². The summed E-state index contributed by atoms with van der Waals surface area (Å²) >= 11 is 9.52. The number of halogens is 2. The van der Waals surface area contributed by atoms with Gasteiger partial charge in [0.05, 0.1) is 16.9 Å². The Morgan fingerprint density at radius 2 is 2.17 bits per heavy atom. The molecule has 0 spiro atoms. The van der Waals surface area contributed by atoms with Crippen LogP contribution in [-0.2, 0) is 10.6 Å². The number of benzene rings is 1. The molecule has 2 heterocycles. The second-order valence-electron chi connectivity index (χ2n) is 4.51. The summed E-state index contributed by atoms with van der Waals surface area (Å²) in [5, 5.41) is 0. The van der Waals surface area contributed by atoms with Crippen molar-refractivity contribution in [3.63, 3.8) is 0 Å². The van der Waals surface area contributed by atoms with Gasteiger partial charge in [0, 0.05) is 23.7 Å². The fourth-order valence-corrected chi connectivity index (χ4v) is 3.10. The van der Waals surface area contributed by atoms with E-state index in [9.17, 15) is 0 Å². The van der Waals surface area contributed by atoms with E-state index < -0.39 is 0 Å². The lowest BCUT2D eigenvalue weighted by molar-refractivity contribution is 0.0700. The lowest BCUT2D eigenvalue weighted by atomic mass is 10.1. The van der Waals surface area contributed by atoms with Crippen LogP contribution in [0.4, 0.5) is 0 Å². The van der Waals surface area contributed by atoms with E-state index in [4.69, 9.17) is 16.3 Å². The molecule has 1 aliphatic heterocycles. The van der Waals surface area contributed by atoms with Crippen LogP contribution in [0, 0.1) is 0 Å². The number of hydrogen-bond acceptors (Lipinski definition) is 2. The SMILES string of the molecule is ClCc1nc2cc(Br)ccc2n1C1CCOCC1. The molecule has 1 aromatic carbocycles. The zero-order valence-corrected chi connectivity index (χ0v) is 12.2. The summed E-state index contributed by atoms with van der Waals surface area (Å²) in [4.78, 5) is 4.63. The van der Waals surface area contributed by atoms with E-state index in [1.165, 1.54) is 5.52 Å². The maximum absolute atomic E-state index is 6.04. The van der Waals surface area contributed by atoms with E-state index in [1.807, 2.05) is 6.07 Å². The molecule has 18 heavy (non-hydrogen) atoms. The number of fused-ring (bicyclic) bond motifs is 1. The summed E-state index contributed by atoms with van der Waals surface area (Å²) in [7, 11) is 0. The van der Waals surface area contributed by atoms with Crippen LogP contribution in [0.2, 0.25) is 0 Å². The van der Waals surface area contributed by atoms with Crippen LogP contribution >= 0.6 is 27.5 Å². The van der Waals surface area contributed by atoms with Crippen molar-refractivity contribution in [3.05, 3.63) is 28.5 Å². The second-order valence-corrected chi connectivity index (χ2v) is 5.69. The summed E-state index contributed by atoms with van der Waals surface area (Å²) in [5.41, 5.74) is 2.17. The average molecular weight is 330 g/mol. The van der Waals surface area contributed by atoms with Gasteiger partial charge in [0.15, 0.2) is 0 Å². The van der Waals surface area contributed by atoms with Crippen LogP contribution in [0.15, 0.2) is 22.7 Å². The Kier molecular flexibility index (Phi) is 3.59. The van der Waals surface area contributed by atoms with Crippen molar-refractivity contribution in [2.24, 2.45) is 0 Å². The quantitative estimate of drug-likeness (QED) is 0.782. The Hall–Kier alpha value is -0.580. The largest absolute Gasteiger partial charge is 0.381 e. The Bertz CT molecular complexity index is 563. The molecule has 0 saturated carbocycles. The Morgan fingerprint density at radius 3 is 2.89 bits per heavy atom. The zero-order valence-electron chi connectivity index (χ0n) is 9.90. The summed E-state index contributed by atoms with van der Waals surface area (Å²) in [6.45, 7) is 1.64. The van der Waals surface area contributed by atoms with Crippen molar-refractivity contribution in [2.75, 3.05) is 13.2 Å². The highest BCUT2D eigenvalue weighted by Gasteiger charge is 2.21. The third-order valence-electron chi connectivity index (χ3n) is 3.40. The predicted octanol–water partition coefficient (Wildman–Crippen LogP) is 3.89. The highest BCUT2D eigenvalue weighted by molar-refractivity contribution is 9.10. The molecular weight excluding hydrogens is 316 g/mol. The van der Waals surface area contributed by atoms with Gasteiger partial charge in [0.1, 0.15) is 5.82 Å². The molecule has 1 aliphatic rings. The Morgan fingerprint density at radius 1 is 1.39 bits per heavy atom. The predicted molar refractivity (Wildman–Crippen MR) is 76.1 cm³/mol. The first-order valence-electron chi connectivity index (χ1n) is 6.09. The Labute approximate surface area is 119 Å². The zero-order chi connectivity index (χ0) is 12.5. The highest BCUT2D eigenvalue weighted by atomic mass is 79.9. The summed E-state index contributed by atoms with van der Waals surface area (Å²) in [6.07, 6.45) is 2.07. The minimum absolute atomic E-state index is 0.448. The fraction of sp³-hybridized carbons (Fsp3) is 0.462. The molecule has 1 saturated heterocycles. The maximum atomic E-state index is 6.04. The summed E-state index contributed by atoms with van der Waals surface area (Å²) in [6, 6.07) is 6.66. The Balaban J connectivity index is 2.12. The van der Waals surface area contributed by atoms with Crippen molar-refractivity contribution in [2.45, 2.75) is 24.8 Å². The van der Waals surface area contributed by atoms with E-state index in [0.717, 1.165) is 41.9 Å². The first-order valence-corrected chi connectivity index (χ1v) is 7.42. The number of aromatic nitrogens is 2. The fourth-order valence-electron chi connectivity index (χ4n) is 2.57. The number of ether oxygens (including phenoxy) is 1. The van der Waals surface area contributed by atoms with Crippen LogP contribution in [0.25, 0.3) is 11.0 Å². The molecule has 2 aromatic rings. The highest BCUT2D eigenvalue weighted by Crippen LogP contribution is 2.29. The maximum Gasteiger partial charge on any atom is 0.125 e. The van der Waals surface area contributed by atoms with Gasteiger partial charge in [0.25, 0.3) is 0 Å². The van der Waals surface area contributed by atoms with Gasteiger partial charge >= 0.3 is 0 Å². The van der Waals surface area contributed by atoms with E-state index in [0.29, 0.717) is 11.9 Å².